The highest BCUT2D eigenvalue weighted by Gasteiger charge is 2.20. The molecule has 1 aromatic carbocycles. The van der Waals surface area contributed by atoms with E-state index in [2.05, 4.69) is 5.32 Å². The van der Waals surface area contributed by atoms with Crippen LogP contribution < -0.4 is 5.32 Å². The fourth-order valence-corrected chi connectivity index (χ4v) is 4.27. The third kappa shape index (κ3) is 3.79. The van der Waals surface area contributed by atoms with Crippen LogP contribution >= 0.6 is 22.9 Å². The lowest BCUT2D eigenvalue weighted by Gasteiger charge is -2.15. The summed E-state index contributed by atoms with van der Waals surface area (Å²) in [7, 11) is 0. The summed E-state index contributed by atoms with van der Waals surface area (Å²) in [6, 6.07) is 8.96. The Balaban J connectivity index is 1.51. The number of nitrogens with one attached hydrogen (secondary N) is 1. The fourth-order valence-electron chi connectivity index (χ4n) is 2.82. The number of rotatable bonds is 5. The Kier molecular flexibility index (Phi) is 5.21. The van der Waals surface area contributed by atoms with Gasteiger partial charge in [0.15, 0.2) is 6.61 Å². The number of amides is 1. The number of carbonyl (C=O) groups excluding carboxylic acids is 2. The Bertz CT molecular complexity index is 750. The molecule has 1 N–H and O–H groups in total. The molecule has 1 aliphatic rings. The summed E-state index contributed by atoms with van der Waals surface area (Å²) in [4.78, 5) is 25.9. The van der Waals surface area contributed by atoms with Gasteiger partial charge < -0.3 is 10.1 Å². The van der Waals surface area contributed by atoms with Crippen LogP contribution in [0.5, 0.6) is 0 Å². The van der Waals surface area contributed by atoms with Gasteiger partial charge in [0.05, 0.1) is 6.04 Å². The van der Waals surface area contributed by atoms with Crippen molar-refractivity contribution in [2.45, 2.75) is 32.2 Å². The predicted molar refractivity (Wildman–Crippen MR) is 94.6 cm³/mol. The SMILES string of the molecule is C[C@@H](NC(=O)COC(=O)c1cc2c(s1)CCC2)c1ccccc1Cl. The van der Waals surface area contributed by atoms with E-state index in [1.54, 1.807) is 6.07 Å². The molecule has 0 aliphatic heterocycles. The van der Waals surface area contributed by atoms with Crippen LogP contribution in [0, 0.1) is 0 Å². The van der Waals surface area contributed by atoms with Crippen molar-refractivity contribution >= 4 is 34.8 Å². The molecule has 2 aromatic rings. The van der Waals surface area contributed by atoms with Gasteiger partial charge in [-0.3, -0.25) is 4.79 Å². The number of carbonyl (C=O) groups is 2. The van der Waals surface area contributed by atoms with Crippen molar-refractivity contribution in [3.05, 3.63) is 56.2 Å². The molecule has 6 heteroatoms. The summed E-state index contributed by atoms with van der Waals surface area (Å²) in [5.41, 5.74) is 2.07. The Morgan fingerprint density at radius 2 is 2.12 bits per heavy atom. The maximum atomic E-state index is 12.1. The van der Waals surface area contributed by atoms with Crippen molar-refractivity contribution in [3.8, 4) is 0 Å². The van der Waals surface area contributed by atoms with Crippen molar-refractivity contribution in [3.63, 3.8) is 0 Å². The lowest BCUT2D eigenvalue weighted by Crippen LogP contribution is -2.31. The van der Waals surface area contributed by atoms with Crippen molar-refractivity contribution in [2.24, 2.45) is 0 Å². The minimum atomic E-state index is -0.435. The zero-order chi connectivity index (χ0) is 17.1. The lowest BCUT2D eigenvalue weighted by molar-refractivity contribution is -0.124. The molecule has 1 aromatic heterocycles. The minimum absolute atomic E-state index is 0.254. The molecule has 3 rings (SSSR count). The number of hydrogen-bond donors (Lipinski definition) is 1. The first-order valence-corrected chi connectivity index (χ1v) is 9.06. The van der Waals surface area contributed by atoms with Crippen LogP contribution in [-0.4, -0.2) is 18.5 Å². The van der Waals surface area contributed by atoms with Gasteiger partial charge in [0.1, 0.15) is 4.88 Å². The molecule has 0 unspecified atom stereocenters. The molecule has 0 saturated heterocycles. The number of esters is 1. The van der Waals surface area contributed by atoms with Crippen molar-refractivity contribution in [1.82, 2.24) is 5.32 Å². The number of ether oxygens (including phenoxy) is 1. The van der Waals surface area contributed by atoms with Crippen LogP contribution in [0.2, 0.25) is 5.02 Å². The van der Waals surface area contributed by atoms with E-state index in [0.717, 1.165) is 24.8 Å². The van der Waals surface area contributed by atoms with Crippen LogP contribution in [0.3, 0.4) is 0 Å². The third-order valence-electron chi connectivity index (χ3n) is 4.03. The van der Waals surface area contributed by atoms with Gasteiger partial charge in [-0.2, -0.15) is 0 Å². The molecule has 0 radical (unpaired) electrons. The highest BCUT2D eigenvalue weighted by molar-refractivity contribution is 7.14. The molecule has 1 heterocycles. The summed E-state index contributed by atoms with van der Waals surface area (Å²) >= 11 is 7.58. The number of halogens is 1. The van der Waals surface area contributed by atoms with Gasteiger partial charge in [-0.25, -0.2) is 4.79 Å². The van der Waals surface area contributed by atoms with Crippen LogP contribution in [0.1, 0.15) is 45.1 Å². The lowest BCUT2D eigenvalue weighted by atomic mass is 10.1. The first kappa shape index (κ1) is 17.0. The molecular formula is C18H18ClNO3S. The molecule has 0 bridgehead atoms. The maximum Gasteiger partial charge on any atom is 0.348 e. The van der Waals surface area contributed by atoms with Gasteiger partial charge in [-0.1, -0.05) is 29.8 Å². The maximum absolute atomic E-state index is 12.1. The van der Waals surface area contributed by atoms with E-state index in [1.807, 2.05) is 31.2 Å². The number of benzene rings is 1. The number of hydrogen-bond acceptors (Lipinski definition) is 4. The second-order valence-electron chi connectivity index (χ2n) is 5.80. The molecule has 1 amide bonds. The predicted octanol–water partition coefficient (Wildman–Crippen LogP) is 3.92. The Morgan fingerprint density at radius 3 is 2.88 bits per heavy atom. The molecule has 1 atom stereocenters. The van der Waals surface area contributed by atoms with Gasteiger partial charge in [-0.15, -0.1) is 11.3 Å². The first-order chi connectivity index (χ1) is 11.5. The molecule has 0 saturated carbocycles. The van der Waals surface area contributed by atoms with Gasteiger partial charge in [0.2, 0.25) is 0 Å². The normalized spacial score (nSPS) is 14.1. The first-order valence-electron chi connectivity index (χ1n) is 7.87. The summed E-state index contributed by atoms with van der Waals surface area (Å²) in [5, 5.41) is 3.38. The molecule has 126 valence electrons. The number of fused-ring (bicyclic) bond motifs is 1. The number of aryl methyl sites for hydroxylation is 2. The van der Waals surface area contributed by atoms with E-state index in [4.69, 9.17) is 16.3 Å². The standard InChI is InChI=1S/C18H18ClNO3S/c1-11(13-6-2-3-7-14(13)19)20-17(21)10-23-18(22)16-9-12-5-4-8-15(12)24-16/h2-3,6-7,9,11H,4-5,8,10H2,1H3,(H,20,21)/t11-/m1/s1. The van der Waals surface area contributed by atoms with Crippen molar-refractivity contribution < 1.29 is 14.3 Å². The molecule has 24 heavy (non-hydrogen) atoms. The van der Waals surface area contributed by atoms with Gasteiger partial charge >= 0.3 is 5.97 Å². The van der Waals surface area contributed by atoms with E-state index >= 15 is 0 Å². The molecule has 0 spiro atoms. The Labute approximate surface area is 149 Å². The smallest absolute Gasteiger partial charge is 0.348 e. The van der Waals surface area contributed by atoms with Gasteiger partial charge in [-0.05, 0) is 49.4 Å². The fraction of sp³-hybridized carbons (Fsp3) is 0.333. The second kappa shape index (κ2) is 7.36. The topological polar surface area (TPSA) is 55.4 Å². The molecule has 4 nitrogen and oxygen atoms in total. The van der Waals surface area contributed by atoms with E-state index in [0.29, 0.717) is 9.90 Å². The molecule has 0 fully saturated rings. The van der Waals surface area contributed by atoms with E-state index in [1.165, 1.54) is 21.8 Å². The minimum Gasteiger partial charge on any atom is -0.451 e. The van der Waals surface area contributed by atoms with Crippen LogP contribution in [-0.2, 0) is 22.4 Å². The zero-order valence-electron chi connectivity index (χ0n) is 13.3. The summed E-state index contributed by atoms with van der Waals surface area (Å²) in [6.45, 7) is 1.54. The average molecular weight is 364 g/mol. The largest absolute Gasteiger partial charge is 0.451 e. The summed E-state index contributed by atoms with van der Waals surface area (Å²) in [5.74, 6) is -0.783. The third-order valence-corrected chi connectivity index (χ3v) is 5.59. The Morgan fingerprint density at radius 1 is 1.33 bits per heavy atom. The van der Waals surface area contributed by atoms with Crippen LogP contribution in [0.25, 0.3) is 0 Å². The van der Waals surface area contributed by atoms with E-state index in [9.17, 15) is 9.59 Å². The molecular weight excluding hydrogens is 346 g/mol. The van der Waals surface area contributed by atoms with Crippen molar-refractivity contribution in [1.29, 1.82) is 0 Å². The van der Waals surface area contributed by atoms with Gasteiger partial charge in [0.25, 0.3) is 5.91 Å². The highest BCUT2D eigenvalue weighted by Crippen LogP contribution is 2.30. The van der Waals surface area contributed by atoms with Crippen LogP contribution in [0.15, 0.2) is 30.3 Å². The number of thiophene rings is 1. The molecule has 1 aliphatic carbocycles. The quantitative estimate of drug-likeness (QED) is 0.819. The second-order valence-corrected chi connectivity index (χ2v) is 7.34. The summed E-state index contributed by atoms with van der Waals surface area (Å²) in [6.07, 6.45) is 3.21. The monoisotopic (exact) mass is 363 g/mol. The van der Waals surface area contributed by atoms with E-state index < -0.39 is 5.97 Å². The van der Waals surface area contributed by atoms with Crippen LogP contribution in [0.4, 0.5) is 0 Å². The van der Waals surface area contributed by atoms with Gasteiger partial charge in [0, 0.05) is 9.90 Å². The Hall–Kier alpha value is -1.85. The highest BCUT2D eigenvalue weighted by atomic mass is 35.5. The summed E-state index contributed by atoms with van der Waals surface area (Å²) < 4.78 is 5.12. The van der Waals surface area contributed by atoms with Crippen molar-refractivity contribution in [2.75, 3.05) is 6.61 Å². The zero-order valence-corrected chi connectivity index (χ0v) is 14.9. The van der Waals surface area contributed by atoms with E-state index in [-0.39, 0.29) is 18.6 Å². The average Bonchev–Trinajstić information content (AvgIpc) is 3.14.